The molecule has 0 spiro atoms. The SMILES string of the molecule is Cc1cc(S(C)(=O)=O)c(C)c(S(=O)(=O)NCCC(C)N)c1. The number of hydrogen-bond donors (Lipinski definition) is 2. The molecule has 1 unspecified atom stereocenters. The monoisotopic (exact) mass is 334 g/mol. The standard InChI is InChI=1S/C13H22N2O4S2/c1-9-7-12(20(4,16)17)11(3)13(8-9)21(18,19)15-6-5-10(2)14/h7-8,10,15H,5-6,14H2,1-4H3. The van der Waals surface area contributed by atoms with Crippen LogP contribution in [0.3, 0.4) is 0 Å². The number of hydrogen-bond acceptors (Lipinski definition) is 5. The third kappa shape index (κ3) is 4.77. The van der Waals surface area contributed by atoms with Gasteiger partial charge in [-0.2, -0.15) is 0 Å². The second-order valence-electron chi connectivity index (χ2n) is 5.32. The highest BCUT2D eigenvalue weighted by Crippen LogP contribution is 2.24. The number of sulfone groups is 1. The first kappa shape index (κ1) is 18.1. The summed E-state index contributed by atoms with van der Waals surface area (Å²) in [6, 6.07) is 2.84. The maximum Gasteiger partial charge on any atom is 0.240 e. The Bertz CT molecular complexity index is 723. The van der Waals surface area contributed by atoms with Gasteiger partial charge >= 0.3 is 0 Å². The van der Waals surface area contributed by atoms with Crippen molar-refractivity contribution in [2.45, 2.75) is 43.0 Å². The lowest BCUT2D eigenvalue weighted by atomic mass is 10.2. The van der Waals surface area contributed by atoms with Gasteiger partial charge in [0.25, 0.3) is 0 Å². The van der Waals surface area contributed by atoms with E-state index in [9.17, 15) is 16.8 Å². The highest BCUT2D eigenvalue weighted by molar-refractivity contribution is 7.91. The molecule has 3 N–H and O–H groups in total. The number of nitrogens with one attached hydrogen (secondary N) is 1. The van der Waals surface area contributed by atoms with Crippen molar-refractivity contribution in [2.24, 2.45) is 5.73 Å². The number of rotatable bonds is 6. The zero-order valence-corrected chi connectivity index (χ0v) is 14.3. The van der Waals surface area contributed by atoms with Gasteiger partial charge in [0.1, 0.15) is 0 Å². The van der Waals surface area contributed by atoms with Gasteiger partial charge in [-0.15, -0.1) is 0 Å². The Morgan fingerprint density at radius 1 is 1.14 bits per heavy atom. The van der Waals surface area contributed by atoms with Crippen LogP contribution in [-0.4, -0.2) is 35.7 Å². The van der Waals surface area contributed by atoms with E-state index in [1.54, 1.807) is 13.8 Å². The fraction of sp³-hybridized carbons (Fsp3) is 0.538. The average Bonchev–Trinajstić information content (AvgIpc) is 2.29. The van der Waals surface area contributed by atoms with Crippen LogP contribution in [0.1, 0.15) is 24.5 Å². The molecule has 0 saturated carbocycles. The second-order valence-corrected chi connectivity index (χ2v) is 9.04. The number of benzene rings is 1. The van der Waals surface area contributed by atoms with E-state index in [2.05, 4.69) is 4.72 Å². The second kappa shape index (κ2) is 6.43. The van der Waals surface area contributed by atoms with Crippen LogP contribution in [0.5, 0.6) is 0 Å². The van der Waals surface area contributed by atoms with Crippen molar-refractivity contribution in [3.63, 3.8) is 0 Å². The first-order valence-corrected chi connectivity index (χ1v) is 9.89. The molecular formula is C13H22N2O4S2. The molecule has 0 aliphatic carbocycles. The molecule has 0 heterocycles. The molecule has 0 aromatic heterocycles. The van der Waals surface area contributed by atoms with E-state index in [0.717, 1.165) is 6.26 Å². The molecule has 1 aromatic rings. The van der Waals surface area contributed by atoms with Crippen LogP contribution < -0.4 is 10.5 Å². The number of nitrogens with two attached hydrogens (primary N) is 1. The first-order chi connectivity index (χ1) is 9.45. The first-order valence-electron chi connectivity index (χ1n) is 6.51. The minimum absolute atomic E-state index is 0.00685. The summed E-state index contributed by atoms with van der Waals surface area (Å²) in [4.78, 5) is 0.0302. The summed E-state index contributed by atoms with van der Waals surface area (Å²) in [7, 11) is -7.25. The molecule has 1 rings (SSSR count). The minimum Gasteiger partial charge on any atom is -0.328 e. The Labute approximate surface area is 126 Å². The van der Waals surface area contributed by atoms with Crippen molar-refractivity contribution in [1.82, 2.24) is 4.72 Å². The van der Waals surface area contributed by atoms with Gasteiger partial charge in [-0.05, 0) is 50.5 Å². The Morgan fingerprint density at radius 3 is 2.14 bits per heavy atom. The van der Waals surface area contributed by atoms with Gasteiger partial charge in [0, 0.05) is 18.8 Å². The summed E-state index contributed by atoms with van der Waals surface area (Å²) in [5.74, 6) is 0. The van der Waals surface area contributed by atoms with E-state index in [-0.39, 0.29) is 27.9 Å². The maximum absolute atomic E-state index is 12.3. The summed E-state index contributed by atoms with van der Waals surface area (Å²) in [6.45, 7) is 5.15. The molecule has 0 aliphatic rings. The van der Waals surface area contributed by atoms with Gasteiger partial charge in [0.2, 0.25) is 10.0 Å². The molecular weight excluding hydrogens is 312 g/mol. The van der Waals surface area contributed by atoms with E-state index in [4.69, 9.17) is 5.73 Å². The highest BCUT2D eigenvalue weighted by Gasteiger charge is 2.22. The fourth-order valence-corrected chi connectivity index (χ4v) is 4.48. The number of sulfonamides is 1. The molecule has 0 amide bonds. The van der Waals surface area contributed by atoms with Crippen molar-refractivity contribution in [3.05, 3.63) is 23.3 Å². The lowest BCUT2D eigenvalue weighted by Crippen LogP contribution is -2.29. The largest absolute Gasteiger partial charge is 0.328 e. The topological polar surface area (TPSA) is 106 Å². The van der Waals surface area contributed by atoms with E-state index < -0.39 is 19.9 Å². The van der Waals surface area contributed by atoms with Crippen LogP contribution in [0.2, 0.25) is 0 Å². The predicted octanol–water partition coefficient (Wildman–Crippen LogP) is 0.723. The van der Waals surface area contributed by atoms with Gasteiger partial charge in [-0.25, -0.2) is 21.6 Å². The summed E-state index contributed by atoms with van der Waals surface area (Å²) in [6.07, 6.45) is 1.57. The third-order valence-electron chi connectivity index (χ3n) is 3.04. The van der Waals surface area contributed by atoms with Crippen LogP contribution >= 0.6 is 0 Å². The molecule has 0 fully saturated rings. The molecule has 1 atom stereocenters. The Morgan fingerprint density at radius 2 is 1.67 bits per heavy atom. The van der Waals surface area contributed by atoms with Crippen LogP contribution in [0, 0.1) is 13.8 Å². The van der Waals surface area contributed by atoms with E-state index in [1.165, 1.54) is 19.1 Å². The van der Waals surface area contributed by atoms with Crippen LogP contribution in [0.25, 0.3) is 0 Å². The Hall–Kier alpha value is -0.960. The zero-order chi connectivity index (χ0) is 16.4. The average molecular weight is 334 g/mol. The van der Waals surface area contributed by atoms with Gasteiger partial charge in [-0.1, -0.05) is 0 Å². The summed E-state index contributed by atoms with van der Waals surface area (Å²) < 4.78 is 50.6. The van der Waals surface area contributed by atoms with Crippen LogP contribution in [-0.2, 0) is 19.9 Å². The summed E-state index contributed by atoms with van der Waals surface area (Å²) in [5.41, 5.74) is 6.39. The van der Waals surface area contributed by atoms with Gasteiger partial charge in [0.05, 0.1) is 9.79 Å². The third-order valence-corrected chi connectivity index (χ3v) is 5.85. The molecule has 21 heavy (non-hydrogen) atoms. The molecule has 6 nitrogen and oxygen atoms in total. The highest BCUT2D eigenvalue weighted by atomic mass is 32.2. The normalized spacial score (nSPS) is 14.1. The fourth-order valence-electron chi connectivity index (χ4n) is 1.96. The van der Waals surface area contributed by atoms with Crippen molar-refractivity contribution in [1.29, 1.82) is 0 Å². The van der Waals surface area contributed by atoms with Crippen molar-refractivity contribution >= 4 is 19.9 Å². The molecule has 0 aliphatic heterocycles. The molecule has 1 aromatic carbocycles. The van der Waals surface area contributed by atoms with Gasteiger partial charge in [0.15, 0.2) is 9.84 Å². The molecule has 120 valence electrons. The Kier molecular flexibility index (Phi) is 5.54. The molecule has 0 radical (unpaired) electrons. The van der Waals surface area contributed by atoms with Crippen molar-refractivity contribution in [2.75, 3.05) is 12.8 Å². The van der Waals surface area contributed by atoms with E-state index >= 15 is 0 Å². The molecule has 0 bridgehead atoms. The van der Waals surface area contributed by atoms with Crippen molar-refractivity contribution < 1.29 is 16.8 Å². The maximum atomic E-state index is 12.3. The molecule has 8 heteroatoms. The van der Waals surface area contributed by atoms with E-state index in [1.807, 2.05) is 0 Å². The lowest BCUT2D eigenvalue weighted by molar-refractivity contribution is 0.570. The summed E-state index contributed by atoms with van der Waals surface area (Å²) in [5, 5.41) is 0. The van der Waals surface area contributed by atoms with E-state index in [0.29, 0.717) is 12.0 Å². The predicted molar refractivity (Wildman–Crippen MR) is 82.5 cm³/mol. The smallest absolute Gasteiger partial charge is 0.240 e. The van der Waals surface area contributed by atoms with Crippen LogP contribution in [0.15, 0.2) is 21.9 Å². The zero-order valence-electron chi connectivity index (χ0n) is 12.7. The molecule has 0 saturated heterocycles. The summed E-state index contributed by atoms with van der Waals surface area (Å²) >= 11 is 0. The van der Waals surface area contributed by atoms with Gasteiger partial charge in [-0.3, -0.25) is 0 Å². The van der Waals surface area contributed by atoms with Crippen molar-refractivity contribution in [3.8, 4) is 0 Å². The van der Waals surface area contributed by atoms with Crippen LogP contribution in [0.4, 0.5) is 0 Å². The lowest BCUT2D eigenvalue weighted by Gasteiger charge is -2.14. The number of aryl methyl sites for hydroxylation is 1. The quantitative estimate of drug-likeness (QED) is 0.797. The minimum atomic E-state index is -3.76. The van der Waals surface area contributed by atoms with Gasteiger partial charge < -0.3 is 5.73 Å². The Balaban J connectivity index is 3.28.